The van der Waals surface area contributed by atoms with Gasteiger partial charge < -0.3 is 16.0 Å². The van der Waals surface area contributed by atoms with Crippen LogP contribution in [0.2, 0.25) is 0 Å². The lowest BCUT2D eigenvalue weighted by atomic mass is 9.85. The number of aliphatic imine (C=N–C) groups is 1. The number of nitrogens with zero attached hydrogens (tertiary/aromatic N) is 1. The Kier molecular flexibility index (Phi) is 9.08. The molecule has 1 fully saturated rings. The van der Waals surface area contributed by atoms with Crippen molar-refractivity contribution in [3.63, 3.8) is 0 Å². The van der Waals surface area contributed by atoms with Gasteiger partial charge in [0.15, 0.2) is 15.8 Å². The van der Waals surface area contributed by atoms with Gasteiger partial charge in [0.25, 0.3) is 0 Å². The second-order valence-electron chi connectivity index (χ2n) is 7.88. The normalized spacial score (nSPS) is 20.1. The standard InChI is InChI=1S/C21H33FN4O3S/c1-4-23-21(24-12-13-30(28,29)19-11-6-5-10-18(19)22)26-17-9-7-8-16(14-17)20(27)25-15(2)3/h5-6,10-11,15-17H,4,7-9,12-14H2,1-3H3,(H,25,27)(H2,23,24,26). The molecule has 0 aliphatic heterocycles. The van der Waals surface area contributed by atoms with E-state index in [0.717, 1.165) is 25.3 Å². The molecule has 2 unspecified atom stereocenters. The third kappa shape index (κ3) is 7.27. The van der Waals surface area contributed by atoms with Gasteiger partial charge in [-0.05, 0) is 52.2 Å². The van der Waals surface area contributed by atoms with E-state index in [1.165, 1.54) is 18.2 Å². The first kappa shape index (κ1) is 24.1. The Morgan fingerprint density at radius 1 is 1.27 bits per heavy atom. The highest BCUT2D eigenvalue weighted by Gasteiger charge is 2.28. The minimum atomic E-state index is -3.76. The van der Waals surface area contributed by atoms with Crippen LogP contribution in [0.4, 0.5) is 4.39 Å². The molecule has 1 saturated carbocycles. The summed E-state index contributed by atoms with van der Waals surface area (Å²) < 4.78 is 38.6. The lowest BCUT2D eigenvalue weighted by Crippen LogP contribution is -2.47. The predicted molar refractivity (Wildman–Crippen MR) is 117 cm³/mol. The van der Waals surface area contributed by atoms with Crippen molar-refractivity contribution in [2.45, 2.75) is 63.4 Å². The van der Waals surface area contributed by atoms with Crippen molar-refractivity contribution in [3.8, 4) is 0 Å². The maximum Gasteiger partial charge on any atom is 0.223 e. The molecule has 1 aliphatic rings. The van der Waals surface area contributed by atoms with Crippen LogP contribution in [0.1, 0.15) is 46.5 Å². The van der Waals surface area contributed by atoms with E-state index in [4.69, 9.17) is 0 Å². The van der Waals surface area contributed by atoms with Gasteiger partial charge >= 0.3 is 0 Å². The molecule has 2 rings (SSSR count). The Labute approximate surface area is 178 Å². The van der Waals surface area contributed by atoms with Crippen molar-refractivity contribution < 1.29 is 17.6 Å². The number of sulfone groups is 1. The predicted octanol–water partition coefficient (Wildman–Crippen LogP) is 2.24. The number of guanidine groups is 1. The van der Waals surface area contributed by atoms with Crippen molar-refractivity contribution in [3.05, 3.63) is 30.1 Å². The maximum absolute atomic E-state index is 13.8. The number of halogens is 1. The fourth-order valence-corrected chi connectivity index (χ4v) is 4.76. The van der Waals surface area contributed by atoms with Gasteiger partial charge in [-0.1, -0.05) is 18.6 Å². The Hall–Kier alpha value is -2.16. The minimum Gasteiger partial charge on any atom is -0.357 e. The van der Waals surface area contributed by atoms with Gasteiger partial charge in [-0.3, -0.25) is 9.79 Å². The molecule has 0 aromatic heterocycles. The number of rotatable bonds is 8. The topological polar surface area (TPSA) is 99.7 Å². The smallest absolute Gasteiger partial charge is 0.223 e. The first-order valence-corrected chi connectivity index (χ1v) is 12.2. The van der Waals surface area contributed by atoms with Crippen LogP contribution in [0.3, 0.4) is 0 Å². The number of nitrogens with one attached hydrogen (secondary N) is 3. The van der Waals surface area contributed by atoms with Gasteiger partial charge in [0.2, 0.25) is 5.91 Å². The van der Waals surface area contributed by atoms with E-state index in [-0.39, 0.29) is 41.1 Å². The van der Waals surface area contributed by atoms with E-state index >= 15 is 0 Å². The van der Waals surface area contributed by atoms with Crippen LogP contribution in [0, 0.1) is 11.7 Å². The van der Waals surface area contributed by atoms with Crippen molar-refractivity contribution >= 4 is 21.7 Å². The van der Waals surface area contributed by atoms with E-state index in [9.17, 15) is 17.6 Å². The molecule has 1 aromatic carbocycles. The zero-order chi connectivity index (χ0) is 22.1. The van der Waals surface area contributed by atoms with E-state index < -0.39 is 15.7 Å². The van der Waals surface area contributed by atoms with Crippen LogP contribution >= 0.6 is 0 Å². The molecular weight excluding hydrogens is 407 g/mol. The van der Waals surface area contributed by atoms with Gasteiger partial charge in [-0.2, -0.15) is 0 Å². The number of hydrogen-bond donors (Lipinski definition) is 3. The summed E-state index contributed by atoms with van der Waals surface area (Å²) in [6.07, 6.45) is 3.43. The second kappa shape index (κ2) is 11.3. The van der Waals surface area contributed by atoms with Crippen molar-refractivity contribution in [1.82, 2.24) is 16.0 Å². The number of carbonyl (C=O) groups excluding carboxylic acids is 1. The molecule has 0 saturated heterocycles. The number of hydrogen-bond acceptors (Lipinski definition) is 4. The van der Waals surface area contributed by atoms with Gasteiger partial charge in [0.05, 0.1) is 12.3 Å². The van der Waals surface area contributed by atoms with Gasteiger partial charge in [0.1, 0.15) is 10.7 Å². The molecule has 0 radical (unpaired) electrons. The lowest BCUT2D eigenvalue weighted by Gasteiger charge is -2.30. The monoisotopic (exact) mass is 440 g/mol. The molecule has 0 heterocycles. The molecular formula is C21H33FN4O3S. The van der Waals surface area contributed by atoms with Crippen LogP contribution in [0.15, 0.2) is 34.2 Å². The van der Waals surface area contributed by atoms with Crippen LogP contribution < -0.4 is 16.0 Å². The summed E-state index contributed by atoms with van der Waals surface area (Å²) in [6, 6.07) is 5.56. The molecule has 0 bridgehead atoms. The minimum absolute atomic E-state index is 0.00991. The summed E-state index contributed by atoms with van der Waals surface area (Å²) in [7, 11) is -3.76. The molecule has 2 atom stereocenters. The summed E-state index contributed by atoms with van der Waals surface area (Å²) in [5.74, 6) is -0.484. The molecule has 1 aromatic rings. The van der Waals surface area contributed by atoms with Gasteiger partial charge in [0, 0.05) is 24.5 Å². The van der Waals surface area contributed by atoms with Crippen LogP contribution in [-0.2, 0) is 14.6 Å². The fraction of sp³-hybridized carbons (Fsp3) is 0.619. The molecule has 30 heavy (non-hydrogen) atoms. The molecule has 1 amide bonds. The Bertz CT molecular complexity index is 842. The van der Waals surface area contributed by atoms with Crippen molar-refractivity contribution in [1.29, 1.82) is 0 Å². The summed E-state index contributed by atoms with van der Waals surface area (Å²) in [6.45, 7) is 6.45. The summed E-state index contributed by atoms with van der Waals surface area (Å²) in [5, 5.41) is 9.41. The van der Waals surface area contributed by atoms with E-state index in [0.29, 0.717) is 18.9 Å². The summed E-state index contributed by atoms with van der Waals surface area (Å²) in [5.41, 5.74) is 0. The van der Waals surface area contributed by atoms with Crippen molar-refractivity contribution in [2.75, 3.05) is 18.8 Å². The Balaban J connectivity index is 1.97. The molecule has 3 N–H and O–H groups in total. The van der Waals surface area contributed by atoms with E-state index in [2.05, 4.69) is 20.9 Å². The highest BCUT2D eigenvalue weighted by Crippen LogP contribution is 2.24. The number of amides is 1. The second-order valence-corrected chi connectivity index (χ2v) is 9.96. The molecule has 0 spiro atoms. The maximum atomic E-state index is 13.8. The van der Waals surface area contributed by atoms with Gasteiger partial charge in [-0.15, -0.1) is 0 Å². The number of benzene rings is 1. The Morgan fingerprint density at radius 2 is 2.00 bits per heavy atom. The summed E-state index contributed by atoms with van der Waals surface area (Å²) >= 11 is 0. The van der Waals surface area contributed by atoms with Crippen LogP contribution in [0.5, 0.6) is 0 Å². The molecule has 168 valence electrons. The average Bonchev–Trinajstić information content (AvgIpc) is 2.68. The van der Waals surface area contributed by atoms with Crippen molar-refractivity contribution in [2.24, 2.45) is 10.9 Å². The Morgan fingerprint density at radius 3 is 2.67 bits per heavy atom. The molecule has 9 heteroatoms. The molecule has 7 nitrogen and oxygen atoms in total. The first-order valence-electron chi connectivity index (χ1n) is 10.6. The average molecular weight is 441 g/mol. The highest BCUT2D eigenvalue weighted by molar-refractivity contribution is 7.91. The number of carbonyl (C=O) groups is 1. The lowest BCUT2D eigenvalue weighted by molar-refractivity contribution is -0.126. The highest BCUT2D eigenvalue weighted by atomic mass is 32.2. The first-order chi connectivity index (χ1) is 14.2. The summed E-state index contributed by atoms with van der Waals surface area (Å²) in [4.78, 5) is 16.4. The van der Waals surface area contributed by atoms with Crippen LogP contribution in [0.25, 0.3) is 0 Å². The zero-order valence-electron chi connectivity index (χ0n) is 17.9. The SMILES string of the molecule is CCNC(=NCCS(=O)(=O)c1ccccc1F)NC1CCCC(C(=O)NC(C)C)C1. The third-order valence-corrected chi connectivity index (χ3v) is 6.68. The quantitative estimate of drug-likeness (QED) is 0.425. The fourth-order valence-electron chi connectivity index (χ4n) is 3.56. The van der Waals surface area contributed by atoms with E-state index in [1.54, 1.807) is 0 Å². The zero-order valence-corrected chi connectivity index (χ0v) is 18.8. The largest absolute Gasteiger partial charge is 0.357 e. The third-order valence-electron chi connectivity index (χ3n) is 4.96. The van der Waals surface area contributed by atoms with Gasteiger partial charge in [-0.25, -0.2) is 12.8 Å². The van der Waals surface area contributed by atoms with Crippen LogP contribution in [-0.4, -0.2) is 51.2 Å². The molecule has 1 aliphatic carbocycles. The van der Waals surface area contributed by atoms with E-state index in [1.807, 2.05) is 20.8 Å².